The summed E-state index contributed by atoms with van der Waals surface area (Å²) in [7, 11) is 1.60. The molecule has 18 heavy (non-hydrogen) atoms. The first-order valence-electron chi connectivity index (χ1n) is 5.36. The van der Waals surface area contributed by atoms with Crippen LogP contribution in [0.4, 0.5) is 0 Å². The summed E-state index contributed by atoms with van der Waals surface area (Å²) >= 11 is 11.3. The number of aromatic nitrogens is 2. The molecule has 0 aliphatic heterocycles. The predicted octanol–water partition coefficient (Wildman–Crippen LogP) is 2.75. The van der Waals surface area contributed by atoms with Gasteiger partial charge in [-0.05, 0) is 24.4 Å². The number of methoxy groups -OCH3 is 1. The number of H-pyrrole nitrogens is 1. The Morgan fingerprint density at radius 1 is 1.50 bits per heavy atom. The molecule has 4 nitrogen and oxygen atoms in total. The molecule has 0 amide bonds. The van der Waals surface area contributed by atoms with Crippen LogP contribution in [0.3, 0.4) is 0 Å². The number of aliphatic hydroxyl groups excluding tert-OH is 1. The van der Waals surface area contributed by atoms with Gasteiger partial charge < -0.3 is 19.4 Å². The van der Waals surface area contributed by atoms with E-state index in [9.17, 15) is 5.11 Å². The van der Waals surface area contributed by atoms with Crippen LogP contribution in [-0.4, -0.2) is 21.8 Å². The molecule has 0 bridgehead atoms. The summed E-state index contributed by atoms with van der Waals surface area (Å²) in [5.74, 6) is 0.703. The van der Waals surface area contributed by atoms with E-state index in [1.54, 1.807) is 23.9 Å². The van der Waals surface area contributed by atoms with Gasteiger partial charge in [-0.15, -0.1) is 0 Å². The van der Waals surface area contributed by atoms with Gasteiger partial charge in [-0.3, -0.25) is 0 Å². The maximum atomic E-state index is 9.25. The maximum absolute atomic E-state index is 9.25. The number of hydrogen-bond donors (Lipinski definition) is 2. The molecular formula is C12H13ClN2O2S. The van der Waals surface area contributed by atoms with E-state index >= 15 is 0 Å². The van der Waals surface area contributed by atoms with Crippen molar-refractivity contribution < 1.29 is 9.84 Å². The monoisotopic (exact) mass is 284 g/mol. The molecular weight excluding hydrogens is 272 g/mol. The lowest BCUT2D eigenvalue weighted by Gasteiger charge is -2.12. The third-order valence-electron chi connectivity index (χ3n) is 2.73. The highest BCUT2D eigenvalue weighted by Gasteiger charge is 2.11. The van der Waals surface area contributed by atoms with Crippen molar-refractivity contribution in [3.8, 4) is 5.75 Å². The van der Waals surface area contributed by atoms with Gasteiger partial charge in [0, 0.05) is 16.8 Å². The number of ether oxygens (including phenoxy) is 1. The Morgan fingerprint density at radius 3 is 2.94 bits per heavy atom. The minimum atomic E-state index is -0.0834. The zero-order valence-corrected chi connectivity index (χ0v) is 11.4. The van der Waals surface area contributed by atoms with Crippen LogP contribution in [0, 0.1) is 4.77 Å². The minimum absolute atomic E-state index is 0.0834. The largest absolute Gasteiger partial charge is 0.496 e. The van der Waals surface area contributed by atoms with Gasteiger partial charge in [-0.2, -0.15) is 0 Å². The maximum Gasteiger partial charge on any atom is 0.177 e. The van der Waals surface area contributed by atoms with Crippen LogP contribution in [0.2, 0.25) is 5.02 Å². The highest BCUT2D eigenvalue weighted by Crippen LogP contribution is 2.27. The number of aromatic amines is 1. The third kappa shape index (κ3) is 2.43. The zero-order valence-electron chi connectivity index (χ0n) is 9.81. The van der Waals surface area contributed by atoms with Crippen molar-refractivity contribution >= 4 is 23.8 Å². The fourth-order valence-corrected chi connectivity index (χ4v) is 2.24. The summed E-state index contributed by atoms with van der Waals surface area (Å²) in [6, 6.07) is 5.47. The van der Waals surface area contributed by atoms with Crippen LogP contribution in [0.5, 0.6) is 5.75 Å². The first-order chi connectivity index (χ1) is 8.67. The summed E-state index contributed by atoms with van der Waals surface area (Å²) in [5, 5.41) is 9.87. The fourth-order valence-electron chi connectivity index (χ4n) is 1.78. The van der Waals surface area contributed by atoms with Gasteiger partial charge in [0.05, 0.1) is 26.0 Å². The van der Waals surface area contributed by atoms with Crippen molar-refractivity contribution in [2.45, 2.75) is 13.2 Å². The van der Waals surface area contributed by atoms with Crippen molar-refractivity contribution in [2.24, 2.45) is 0 Å². The Hall–Kier alpha value is -1.30. The molecule has 0 aliphatic rings. The zero-order chi connectivity index (χ0) is 13.1. The van der Waals surface area contributed by atoms with Crippen LogP contribution in [0.15, 0.2) is 24.4 Å². The lowest BCUT2D eigenvalue weighted by atomic mass is 10.2. The molecule has 2 rings (SSSR count). The van der Waals surface area contributed by atoms with Gasteiger partial charge in [-0.25, -0.2) is 0 Å². The van der Waals surface area contributed by atoms with E-state index in [-0.39, 0.29) is 6.61 Å². The number of imidazole rings is 1. The molecule has 96 valence electrons. The van der Waals surface area contributed by atoms with Crippen molar-refractivity contribution in [1.82, 2.24) is 9.55 Å². The minimum Gasteiger partial charge on any atom is -0.496 e. The number of nitrogens with zero attached hydrogens (tertiary/aromatic N) is 1. The third-order valence-corrected chi connectivity index (χ3v) is 3.42. The molecule has 0 unspecified atom stereocenters. The molecule has 0 fully saturated rings. The quantitative estimate of drug-likeness (QED) is 0.849. The number of halogens is 1. The first-order valence-corrected chi connectivity index (χ1v) is 6.15. The predicted molar refractivity (Wildman–Crippen MR) is 72.6 cm³/mol. The Kier molecular flexibility index (Phi) is 4.06. The molecule has 1 aromatic carbocycles. The lowest BCUT2D eigenvalue weighted by molar-refractivity contribution is 0.271. The molecule has 0 saturated heterocycles. The second-order valence-electron chi connectivity index (χ2n) is 3.75. The van der Waals surface area contributed by atoms with Gasteiger partial charge in [0.15, 0.2) is 4.77 Å². The Balaban J connectivity index is 2.45. The summed E-state index contributed by atoms with van der Waals surface area (Å²) in [6.07, 6.45) is 1.69. The second-order valence-corrected chi connectivity index (χ2v) is 4.54. The number of hydrogen-bond acceptors (Lipinski definition) is 3. The van der Waals surface area contributed by atoms with Crippen molar-refractivity contribution in [3.63, 3.8) is 0 Å². The topological polar surface area (TPSA) is 50.2 Å². The fraction of sp³-hybridized carbons (Fsp3) is 0.250. The van der Waals surface area contributed by atoms with Gasteiger partial charge >= 0.3 is 0 Å². The normalized spacial score (nSPS) is 10.6. The first kappa shape index (κ1) is 13.1. The van der Waals surface area contributed by atoms with E-state index in [0.29, 0.717) is 27.8 Å². The van der Waals surface area contributed by atoms with Crippen molar-refractivity contribution in [1.29, 1.82) is 0 Å². The number of benzene rings is 1. The molecule has 2 aromatic rings. The van der Waals surface area contributed by atoms with Crippen LogP contribution in [0.1, 0.15) is 11.3 Å². The number of aliphatic hydroxyl groups is 1. The van der Waals surface area contributed by atoms with E-state index < -0.39 is 0 Å². The van der Waals surface area contributed by atoms with Crippen molar-refractivity contribution in [2.75, 3.05) is 7.11 Å². The Labute approximate surface area is 115 Å². The molecule has 0 saturated carbocycles. The molecule has 1 aromatic heterocycles. The summed E-state index contributed by atoms with van der Waals surface area (Å²) in [6.45, 7) is 0.376. The van der Waals surface area contributed by atoms with E-state index in [4.69, 9.17) is 28.6 Å². The Bertz CT molecular complexity index is 606. The average molecular weight is 285 g/mol. The van der Waals surface area contributed by atoms with Gasteiger partial charge in [-0.1, -0.05) is 17.7 Å². The standard InChI is InChI=1S/C12H13ClN2O2S/c1-17-11-4-2-3-10(13)9(11)6-15-8(7-16)5-14-12(15)18/h2-5,16H,6-7H2,1H3,(H,14,18). The molecule has 6 heteroatoms. The van der Waals surface area contributed by atoms with E-state index in [2.05, 4.69) is 4.98 Å². The SMILES string of the molecule is COc1cccc(Cl)c1Cn1c(CO)c[nH]c1=S. The lowest BCUT2D eigenvalue weighted by Crippen LogP contribution is -2.06. The summed E-state index contributed by atoms with van der Waals surface area (Å²) in [4.78, 5) is 2.90. The second kappa shape index (κ2) is 5.56. The van der Waals surface area contributed by atoms with E-state index in [0.717, 1.165) is 5.56 Å². The molecule has 0 atom stereocenters. The van der Waals surface area contributed by atoms with Crippen molar-refractivity contribution in [3.05, 3.63) is 45.4 Å². The van der Waals surface area contributed by atoms with Gasteiger partial charge in [0.25, 0.3) is 0 Å². The van der Waals surface area contributed by atoms with Crippen LogP contribution in [-0.2, 0) is 13.2 Å². The van der Waals surface area contributed by atoms with E-state index in [1.807, 2.05) is 12.1 Å². The smallest absolute Gasteiger partial charge is 0.177 e. The number of rotatable bonds is 4. The van der Waals surface area contributed by atoms with Gasteiger partial charge in [0.2, 0.25) is 0 Å². The summed E-state index contributed by atoms with van der Waals surface area (Å²) in [5.41, 5.74) is 1.55. The summed E-state index contributed by atoms with van der Waals surface area (Å²) < 4.78 is 7.62. The Morgan fingerprint density at radius 2 is 2.28 bits per heavy atom. The molecule has 1 heterocycles. The highest BCUT2D eigenvalue weighted by molar-refractivity contribution is 7.71. The van der Waals surface area contributed by atoms with Crippen LogP contribution >= 0.6 is 23.8 Å². The van der Waals surface area contributed by atoms with Crippen LogP contribution < -0.4 is 4.74 Å². The molecule has 2 N–H and O–H groups in total. The molecule has 0 radical (unpaired) electrons. The van der Waals surface area contributed by atoms with E-state index in [1.165, 1.54) is 0 Å². The molecule has 0 spiro atoms. The molecule has 0 aliphatic carbocycles. The average Bonchev–Trinajstić information content (AvgIpc) is 2.73. The highest BCUT2D eigenvalue weighted by atomic mass is 35.5. The van der Waals surface area contributed by atoms with Gasteiger partial charge in [0.1, 0.15) is 5.75 Å². The van der Waals surface area contributed by atoms with Crippen LogP contribution in [0.25, 0.3) is 0 Å². The number of nitrogens with one attached hydrogen (secondary N) is 1.